The summed E-state index contributed by atoms with van der Waals surface area (Å²) in [6, 6.07) is 13.6. The molecule has 0 radical (unpaired) electrons. The van der Waals surface area contributed by atoms with Crippen LogP contribution in [0.3, 0.4) is 0 Å². The Bertz CT molecular complexity index is 1070. The Morgan fingerprint density at radius 1 is 1.12 bits per heavy atom. The molecule has 0 unspecified atom stereocenters. The lowest BCUT2D eigenvalue weighted by atomic mass is 10.2. The van der Waals surface area contributed by atoms with Crippen LogP contribution >= 0.6 is 11.6 Å². The van der Waals surface area contributed by atoms with Crippen molar-refractivity contribution in [2.75, 3.05) is 7.05 Å². The van der Waals surface area contributed by atoms with E-state index in [0.717, 1.165) is 16.5 Å². The predicted molar refractivity (Wildman–Crippen MR) is 102 cm³/mol. The van der Waals surface area contributed by atoms with E-state index in [-0.39, 0.29) is 10.8 Å². The Hall–Kier alpha value is -2.35. The first kappa shape index (κ1) is 18.4. The highest BCUT2D eigenvalue weighted by atomic mass is 35.5. The van der Waals surface area contributed by atoms with Gasteiger partial charge >= 0.3 is 0 Å². The van der Waals surface area contributed by atoms with E-state index in [1.807, 2.05) is 25.2 Å². The van der Waals surface area contributed by atoms with Gasteiger partial charge in [0.05, 0.1) is 4.90 Å². The second-order valence-corrected chi connectivity index (χ2v) is 8.15. The summed E-state index contributed by atoms with van der Waals surface area (Å²) < 4.78 is 27.5. The van der Waals surface area contributed by atoms with Gasteiger partial charge in [-0.25, -0.2) is 13.1 Å². The van der Waals surface area contributed by atoms with Gasteiger partial charge in [-0.2, -0.15) is 0 Å². The first-order chi connectivity index (χ1) is 12.3. The minimum atomic E-state index is -3.46. The summed E-state index contributed by atoms with van der Waals surface area (Å²) in [4.78, 5) is 12.7. The second-order valence-electron chi connectivity index (χ2n) is 5.83. The minimum absolute atomic E-state index is 0.181. The lowest BCUT2D eigenvalue weighted by Crippen LogP contribution is -2.25. The van der Waals surface area contributed by atoms with E-state index < -0.39 is 10.0 Å². The van der Waals surface area contributed by atoms with Gasteiger partial charge in [-0.15, -0.1) is 0 Å². The minimum Gasteiger partial charge on any atom is -0.347 e. The van der Waals surface area contributed by atoms with Gasteiger partial charge in [-0.3, -0.25) is 4.79 Å². The van der Waals surface area contributed by atoms with Crippen molar-refractivity contribution in [3.8, 4) is 0 Å². The highest BCUT2D eigenvalue weighted by Gasteiger charge is 2.14. The molecule has 0 atom stereocenters. The number of nitrogens with one attached hydrogen (secondary N) is 2. The maximum absolute atomic E-state index is 12.5. The molecule has 6 nitrogen and oxygen atoms in total. The quantitative estimate of drug-likeness (QED) is 0.701. The smallest absolute Gasteiger partial charge is 0.268 e. The lowest BCUT2D eigenvalue weighted by molar-refractivity contribution is 0.0943. The molecule has 3 rings (SSSR count). The molecule has 0 bridgehead atoms. The molecule has 1 heterocycles. The number of aryl methyl sites for hydroxylation is 1. The lowest BCUT2D eigenvalue weighted by Gasteiger charge is -2.08. The van der Waals surface area contributed by atoms with Gasteiger partial charge in [0.1, 0.15) is 5.69 Å². The third-order valence-corrected chi connectivity index (χ3v) is 5.86. The molecule has 1 amide bonds. The Kier molecular flexibility index (Phi) is 5.04. The molecule has 136 valence electrons. The van der Waals surface area contributed by atoms with Gasteiger partial charge in [-0.1, -0.05) is 29.8 Å². The average Bonchev–Trinajstić information content (AvgIpc) is 2.96. The Labute approximate surface area is 156 Å². The average molecular weight is 392 g/mol. The fourth-order valence-corrected chi connectivity index (χ4v) is 3.59. The van der Waals surface area contributed by atoms with E-state index in [9.17, 15) is 13.2 Å². The van der Waals surface area contributed by atoms with E-state index in [0.29, 0.717) is 17.3 Å². The van der Waals surface area contributed by atoms with Crippen molar-refractivity contribution in [1.82, 2.24) is 14.6 Å². The van der Waals surface area contributed by atoms with Gasteiger partial charge < -0.3 is 9.88 Å². The number of carbonyl (C=O) groups excluding carboxylic acids is 1. The van der Waals surface area contributed by atoms with Crippen molar-refractivity contribution in [2.45, 2.75) is 11.4 Å². The van der Waals surface area contributed by atoms with Crippen LogP contribution < -0.4 is 10.0 Å². The van der Waals surface area contributed by atoms with Crippen LogP contribution in [-0.4, -0.2) is 25.9 Å². The van der Waals surface area contributed by atoms with Crippen molar-refractivity contribution >= 4 is 38.4 Å². The number of hydrogen-bond acceptors (Lipinski definition) is 3. The summed E-state index contributed by atoms with van der Waals surface area (Å²) in [7, 11) is -0.293. The van der Waals surface area contributed by atoms with E-state index in [1.54, 1.807) is 22.8 Å². The standard InChI is InChI=1S/C18H18ClN3O3S/c1-20-26(24,25)15-7-3-12(4-8-15)11-21-18(23)17-9-13-5-6-14(19)10-16(13)22(17)2/h3-10,20H,11H2,1-2H3,(H,21,23). The normalized spacial score (nSPS) is 11.7. The number of benzene rings is 2. The molecule has 2 N–H and O–H groups in total. The zero-order valence-corrected chi connectivity index (χ0v) is 15.9. The molecule has 0 aliphatic rings. The van der Waals surface area contributed by atoms with Crippen LogP contribution in [0.25, 0.3) is 10.9 Å². The number of halogens is 1. The molecule has 2 aromatic carbocycles. The van der Waals surface area contributed by atoms with Gasteiger partial charge in [-0.05, 0) is 42.9 Å². The van der Waals surface area contributed by atoms with E-state index in [2.05, 4.69) is 10.0 Å². The maximum Gasteiger partial charge on any atom is 0.268 e. The number of aromatic nitrogens is 1. The molecule has 3 aromatic rings. The monoisotopic (exact) mass is 391 g/mol. The van der Waals surface area contributed by atoms with Crippen LogP contribution in [0.2, 0.25) is 5.02 Å². The largest absolute Gasteiger partial charge is 0.347 e. The van der Waals surface area contributed by atoms with Gasteiger partial charge in [0.25, 0.3) is 5.91 Å². The molecule has 0 spiro atoms. The zero-order valence-electron chi connectivity index (χ0n) is 14.3. The fourth-order valence-electron chi connectivity index (χ4n) is 2.70. The summed E-state index contributed by atoms with van der Waals surface area (Å²) in [5.41, 5.74) is 2.20. The summed E-state index contributed by atoms with van der Waals surface area (Å²) in [5, 5.41) is 4.39. The van der Waals surface area contributed by atoms with Gasteiger partial charge in [0, 0.05) is 29.5 Å². The number of hydrogen-bond donors (Lipinski definition) is 2. The van der Waals surface area contributed by atoms with E-state index in [4.69, 9.17) is 11.6 Å². The van der Waals surface area contributed by atoms with Crippen molar-refractivity contribution in [3.63, 3.8) is 0 Å². The molecule has 0 fully saturated rings. The number of fused-ring (bicyclic) bond motifs is 1. The molecule has 0 aliphatic heterocycles. The topological polar surface area (TPSA) is 80.2 Å². The van der Waals surface area contributed by atoms with Crippen molar-refractivity contribution in [1.29, 1.82) is 0 Å². The second kappa shape index (κ2) is 7.11. The summed E-state index contributed by atoms with van der Waals surface area (Å²) >= 11 is 6.01. The molecule has 0 saturated heterocycles. The molecule has 1 aromatic heterocycles. The fraction of sp³-hybridized carbons (Fsp3) is 0.167. The molecule has 0 aliphatic carbocycles. The van der Waals surface area contributed by atoms with E-state index in [1.165, 1.54) is 19.2 Å². The third kappa shape index (κ3) is 3.60. The number of amides is 1. The molecule has 26 heavy (non-hydrogen) atoms. The van der Waals surface area contributed by atoms with E-state index >= 15 is 0 Å². The Morgan fingerprint density at radius 3 is 2.46 bits per heavy atom. The van der Waals surface area contributed by atoms with Crippen LogP contribution in [0, 0.1) is 0 Å². The number of sulfonamides is 1. The molecular weight excluding hydrogens is 374 g/mol. The molecule has 0 saturated carbocycles. The molecular formula is C18H18ClN3O3S. The number of carbonyl (C=O) groups is 1. The van der Waals surface area contributed by atoms with Crippen LogP contribution in [0.1, 0.15) is 16.1 Å². The predicted octanol–water partition coefficient (Wildman–Crippen LogP) is 2.67. The first-order valence-electron chi connectivity index (χ1n) is 7.87. The van der Waals surface area contributed by atoms with Crippen LogP contribution in [0.5, 0.6) is 0 Å². The van der Waals surface area contributed by atoms with Crippen LogP contribution in [0.4, 0.5) is 0 Å². The summed E-state index contributed by atoms with van der Waals surface area (Å²) in [6.07, 6.45) is 0. The maximum atomic E-state index is 12.5. The summed E-state index contributed by atoms with van der Waals surface area (Å²) in [6.45, 7) is 0.293. The first-order valence-corrected chi connectivity index (χ1v) is 9.73. The van der Waals surface area contributed by atoms with Crippen LogP contribution in [-0.2, 0) is 23.6 Å². The number of rotatable bonds is 5. The highest BCUT2D eigenvalue weighted by Crippen LogP contribution is 2.22. The zero-order chi connectivity index (χ0) is 18.9. The van der Waals surface area contributed by atoms with Crippen LogP contribution in [0.15, 0.2) is 53.4 Å². The van der Waals surface area contributed by atoms with Gasteiger partial charge in [0.15, 0.2) is 0 Å². The van der Waals surface area contributed by atoms with Crippen molar-refractivity contribution < 1.29 is 13.2 Å². The SMILES string of the molecule is CNS(=O)(=O)c1ccc(CNC(=O)c2cc3ccc(Cl)cc3n2C)cc1. The van der Waals surface area contributed by atoms with Crippen molar-refractivity contribution in [3.05, 3.63) is 64.8 Å². The van der Waals surface area contributed by atoms with Gasteiger partial charge in [0.2, 0.25) is 10.0 Å². The van der Waals surface area contributed by atoms with Crippen molar-refractivity contribution in [2.24, 2.45) is 7.05 Å². The Morgan fingerprint density at radius 2 is 1.81 bits per heavy atom. The number of nitrogens with zero attached hydrogens (tertiary/aromatic N) is 1. The summed E-state index contributed by atoms with van der Waals surface area (Å²) in [5.74, 6) is -0.216. The Balaban J connectivity index is 1.74. The molecule has 8 heteroatoms. The third-order valence-electron chi connectivity index (χ3n) is 4.20. The highest BCUT2D eigenvalue weighted by molar-refractivity contribution is 7.89.